The minimum absolute atomic E-state index is 0.150. The van der Waals surface area contributed by atoms with Gasteiger partial charge in [-0.25, -0.2) is 0 Å². The monoisotopic (exact) mass is 236 g/mol. The quantitative estimate of drug-likeness (QED) is 0.762. The van der Waals surface area contributed by atoms with E-state index in [2.05, 4.69) is 0 Å². The van der Waals surface area contributed by atoms with E-state index in [9.17, 15) is 9.59 Å². The van der Waals surface area contributed by atoms with Gasteiger partial charge in [0, 0.05) is 24.7 Å². The number of Topliss-reactive ketones (excluding diaryl/α,β-unsaturated/α-hetero) is 2. The first-order valence-electron chi connectivity index (χ1n) is 5.89. The van der Waals surface area contributed by atoms with Crippen LogP contribution >= 0.6 is 0 Å². The smallest absolute Gasteiger partial charge is 0.130 e. The SMILES string of the molecule is CC(=O)CCc1ccc(C(C)(C)CC(C)=O)o1. The molecule has 0 saturated carbocycles. The first-order chi connectivity index (χ1) is 7.81. The first kappa shape index (κ1) is 13.7. The van der Waals surface area contributed by atoms with Crippen molar-refractivity contribution in [1.29, 1.82) is 0 Å². The predicted octanol–water partition coefficient (Wildman–Crippen LogP) is 3.06. The van der Waals surface area contributed by atoms with Crippen LogP contribution in [0.2, 0.25) is 0 Å². The first-order valence-corrected chi connectivity index (χ1v) is 5.89. The molecule has 0 bridgehead atoms. The molecule has 0 aromatic carbocycles. The molecular weight excluding hydrogens is 216 g/mol. The minimum atomic E-state index is -0.277. The lowest BCUT2D eigenvalue weighted by Crippen LogP contribution is -2.19. The number of aryl methyl sites for hydroxylation is 1. The van der Waals surface area contributed by atoms with E-state index in [4.69, 9.17) is 4.42 Å². The summed E-state index contributed by atoms with van der Waals surface area (Å²) in [7, 11) is 0. The Morgan fingerprint density at radius 3 is 2.35 bits per heavy atom. The van der Waals surface area contributed by atoms with Gasteiger partial charge in [-0.3, -0.25) is 4.79 Å². The summed E-state index contributed by atoms with van der Waals surface area (Å²) in [6.07, 6.45) is 1.60. The number of carbonyl (C=O) groups is 2. The summed E-state index contributed by atoms with van der Waals surface area (Å²) in [4.78, 5) is 22.0. The Kier molecular flexibility index (Phi) is 4.27. The molecule has 0 radical (unpaired) electrons. The lowest BCUT2D eigenvalue weighted by atomic mass is 9.85. The maximum Gasteiger partial charge on any atom is 0.130 e. The molecule has 0 aliphatic rings. The Balaban J connectivity index is 2.72. The van der Waals surface area contributed by atoms with E-state index < -0.39 is 0 Å². The third kappa shape index (κ3) is 4.17. The summed E-state index contributed by atoms with van der Waals surface area (Å²) in [6.45, 7) is 7.13. The molecule has 0 saturated heterocycles. The van der Waals surface area contributed by atoms with E-state index in [0.717, 1.165) is 11.5 Å². The summed E-state index contributed by atoms with van der Waals surface area (Å²) in [5, 5.41) is 0. The molecule has 17 heavy (non-hydrogen) atoms. The van der Waals surface area contributed by atoms with Crippen LogP contribution in [0, 0.1) is 0 Å². The van der Waals surface area contributed by atoms with Gasteiger partial charge in [0.2, 0.25) is 0 Å². The highest BCUT2D eigenvalue weighted by atomic mass is 16.3. The van der Waals surface area contributed by atoms with E-state index in [1.54, 1.807) is 13.8 Å². The van der Waals surface area contributed by atoms with E-state index >= 15 is 0 Å². The number of hydrogen-bond acceptors (Lipinski definition) is 3. The normalized spacial score (nSPS) is 11.5. The summed E-state index contributed by atoms with van der Waals surface area (Å²) >= 11 is 0. The minimum Gasteiger partial charge on any atom is -0.465 e. The van der Waals surface area contributed by atoms with Crippen molar-refractivity contribution in [2.24, 2.45) is 0 Å². The third-order valence-corrected chi connectivity index (χ3v) is 2.74. The Morgan fingerprint density at radius 2 is 1.82 bits per heavy atom. The van der Waals surface area contributed by atoms with E-state index in [1.807, 2.05) is 26.0 Å². The van der Waals surface area contributed by atoms with Crippen LogP contribution < -0.4 is 0 Å². The van der Waals surface area contributed by atoms with Gasteiger partial charge < -0.3 is 9.21 Å². The van der Waals surface area contributed by atoms with Crippen molar-refractivity contribution in [3.8, 4) is 0 Å². The number of hydrogen-bond donors (Lipinski definition) is 0. The fourth-order valence-corrected chi connectivity index (χ4v) is 1.88. The van der Waals surface area contributed by atoms with Crippen molar-refractivity contribution in [2.75, 3.05) is 0 Å². The second-order valence-electron chi connectivity index (χ2n) is 5.23. The van der Waals surface area contributed by atoms with Crippen LogP contribution in [0.15, 0.2) is 16.5 Å². The number of furan rings is 1. The summed E-state index contributed by atoms with van der Waals surface area (Å²) < 4.78 is 5.70. The van der Waals surface area contributed by atoms with Crippen LogP contribution in [0.25, 0.3) is 0 Å². The summed E-state index contributed by atoms with van der Waals surface area (Å²) in [5.74, 6) is 1.93. The Bertz CT molecular complexity index is 413. The van der Waals surface area contributed by atoms with Crippen molar-refractivity contribution in [1.82, 2.24) is 0 Å². The average Bonchev–Trinajstić information content (AvgIpc) is 2.61. The zero-order valence-electron chi connectivity index (χ0n) is 11.0. The topological polar surface area (TPSA) is 47.3 Å². The average molecular weight is 236 g/mol. The van der Waals surface area contributed by atoms with Crippen molar-refractivity contribution >= 4 is 11.6 Å². The molecule has 0 unspecified atom stereocenters. The molecule has 0 N–H and O–H groups in total. The molecule has 1 aromatic rings. The largest absolute Gasteiger partial charge is 0.465 e. The second kappa shape index (κ2) is 5.30. The van der Waals surface area contributed by atoms with Crippen LogP contribution in [0.4, 0.5) is 0 Å². The molecule has 3 heteroatoms. The lowest BCUT2D eigenvalue weighted by Gasteiger charge is -2.20. The van der Waals surface area contributed by atoms with Crippen LogP contribution in [0.5, 0.6) is 0 Å². The molecule has 94 valence electrons. The van der Waals surface area contributed by atoms with Crippen LogP contribution in [-0.2, 0) is 21.4 Å². The zero-order chi connectivity index (χ0) is 13.1. The number of carbonyl (C=O) groups excluding carboxylic acids is 2. The van der Waals surface area contributed by atoms with E-state index in [0.29, 0.717) is 19.3 Å². The van der Waals surface area contributed by atoms with Gasteiger partial charge in [0.15, 0.2) is 0 Å². The Morgan fingerprint density at radius 1 is 1.18 bits per heavy atom. The summed E-state index contributed by atoms with van der Waals surface area (Å²) in [5.41, 5.74) is -0.277. The van der Waals surface area contributed by atoms with Gasteiger partial charge in [0.1, 0.15) is 23.1 Å². The van der Waals surface area contributed by atoms with Crippen LogP contribution in [0.3, 0.4) is 0 Å². The van der Waals surface area contributed by atoms with Gasteiger partial charge in [0.25, 0.3) is 0 Å². The van der Waals surface area contributed by atoms with E-state index in [-0.39, 0.29) is 17.0 Å². The molecular formula is C14H20O3. The molecule has 1 rings (SSSR count). The van der Waals surface area contributed by atoms with Crippen molar-refractivity contribution in [3.05, 3.63) is 23.7 Å². The zero-order valence-corrected chi connectivity index (χ0v) is 11.0. The second-order valence-corrected chi connectivity index (χ2v) is 5.23. The maximum absolute atomic E-state index is 11.2. The Hall–Kier alpha value is -1.38. The number of rotatable bonds is 6. The van der Waals surface area contributed by atoms with Crippen molar-refractivity contribution in [2.45, 2.75) is 52.4 Å². The molecule has 0 aliphatic carbocycles. The summed E-state index contributed by atoms with van der Waals surface area (Å²) in [6, 6.07) is 3.79. The maximum atomic E-state index is 11.2. The molecule has 0 spiro atoms. The molecule has 1 heterocycles. The molecule has 3 nitrogen and oxygen atoms in total. The highest BCUT2D eigenvalue weighted by Crippen LogP contribution is 2.29. The third-order valence-electron chi connectivity index (χ3n) is 2.74. The molecule has 0 fully saturated rings. The molecule has 0 aliphatic heterocycles. The van der Waals surface area contributed by atoms with Gasteiger partial charge in [-0.1, -0.05) is 13.8 Å². The number of ketones is 2. The van der Waals surface area contributed by atoms with Gasteiger partial charge in [-0.2, -0.15) is 0 Å². The van der Waals surface area contributed by atoms with Gasteiger partial charge in [-0.15, -0.1) is 0 Å². The Labute approximate surface area is 102 Å². The molecule has 1 aromatic heterocycles. The molecule has 0 amide bonds. The fraction of sp³-hybridized carbons (Fsp3) is 0.571. The highest BCUT2D eigenvalue weighted by molar-refractivity contribution is 5.77. The lowest BCUT2D eigenvalue weighted by molar-refractivity contribution is -0.118. The van der Waals surface area contributed by atoms with Gasteiger partial charge >= 0.3 is 0 Å². The van der Waals surface area contributed by atoms with Gasteiger partial charge in [0.05, 0.1) is 0 Å². The van der Waals surface area contributed by atoms with Gasteiger partial charge in [-0.05, 0) is 26.0 Å². The fourth-order valence-electron chi connectivity index (χ4n) is 1.88. The van der Waals surface area contributed by atoms with Crippen molar-refractivity contribution in [3.63, 3.8) is 0 Å². The highest BCUT2D eigenvalue weighted by Gasteiger charge is 2.26. The predicted molar refractivity (Wildman–Crippen MR) is 66.0 cm³/mol. The van der Waals surface area contributed by atoms with Crippen molar-refractivity contribution < 1.29 is 14.0 Å². The van der Waals surface area contributed by atoms with Crippen LogP contribution in [0.1, 0.15) is 52.1 Å². The van der Waals surface area contributed by atoms with E-state index in [1.165, 1.54) is 0 Å². The molecule has 0 atom stereocenters. The standard InChI is InChI=1S/C14H20O3/c1-10(15)5-6-12-7-8-13(17-12)14(3,4)9-11(2)16/h7-8H,5-6,9H2,1-4H3. The van der Waals surface area contributed by atoms with Crippen LogP contribution in [-0.4, -0.2) is 11.6 Å².